The minimum Gasteiger partial charge on any atom is -0.338 e. The van der Waals surface area contributed by atoms with Crippen LogP contribution in [0.1, 0.15) is 49.2 Å². The van der Waals surface area contributed by atoms with Crippen LogP contribution in [-0.4, -0.2) is 10.1 Å². The van der Waals surface area contributed by atoms with E-state index in [1.807, 2.05) is 6.07 Å². The minimum absolute atomic E-state index is 0.168. The monoisotopic (exact) mass is 259 g/mol. The van der Waals surface area contributed by atoms with Crippen LogP contribution in [0.4, 0.5) is 0 Å². The molecule has 0 aliphatic carbocycles. The molecule has 2 N–H and O–H groups in total. The van der Waals surface area contributed by atoms with Gasteiger partial charge in [-0.05, 0) is 24.8 Å². The summed E-state index contributed by atoms with van der Waals surface area (Å²) in [5, 5.41) is 4.00. The molecule has 0 bridgehead atoms. The molecule has 4 heteroatoms. The highest BCUT2D eigenvalue weighted by Crippen LogP contribution is 2.17. The van der Waals surface area contributed by atoms with Crippen molar-refractivity contribution in [3.8, 4) is 0 Å². The fourth-order valence-corrected chi connectivity index (χ4v) is 2.10. The Labute approximate surface area is 114 Å². The molecule has 102 valence electrons. The number of aryl methyl sites for hydroxylation is 1. The highest BCUT2D eigenvalue weighted by atomic mass is 16.5. The minimum atomic E-state index is -0.168. The molecule has 0 saturated carbocycles. The van der Waals surface area contributed by atoms with Crippen LogP contribution in [0.15, 0.2) is 28.8 Å². The molecule has 19 heavy (non-hydrogen) atoms. The zero-order valence-corrected chi connectivity index (χ0v) is 11.8. The number of hydrogen-bond donors (Lipinski definition) is 1. The van der Waals surface area contributed by atoms with E-state index in [1.54, 1.807) is 0 Å². The molecule has 0 spiro atoms. The van der Waals surface area contributed by atoms with Gasteiger partial charge in [-0.3, -0.25) is 0 Å². The summed E-state index contributed by atoms with van der Waals surface area (Å²) < 4.78 is 5.24. The summed E-state index contributed by atoms with van der Waals surface area (Å²) in [5.74, 6) is 1.75. The van der Waals surface area contributed by atoms with E-state index < -0.39 is 0 Å². The highest BCUT2D eigenvalue weighted by molar-refractivity contribution is 5.24. The van der Waals surface area contributed by atoms with Crippen molar-refractivity contribution < 1.29 is 4.52 Å². The first-order valence-corrected chi connectivity index (χ1v) is 6.68. The summed E-state index contributed by atoms with van der Waals surface area (Å²) in [6.07, 6.45) is 1.53. The Morgan fingerprint density at radius 3 is 2.79 bits per heavy atom. The number of benzene rings is 1. The van der Waals surface area contributed by atoms with Crippen LogP contribution in [-0.2, 0) is 6.42 Å². The van der Waals surface area contributed by atoms with Gasteiger partial charge >= 0.3 is 0 Å². The van der Waals surface area contributed by atoms with Gasteiger partial charge < -0.3 is 10.3 Å². The third-order valence-corrected chi connectivity index (χ3v) is 2.97. The van der Waals surface area contributed by atoms with E-state index in [0.717, 1.165) is 6.42 Å². The van der Waals surface area contributed by atoms with Crippen molar-refractivity contribution in [2.45, 2.75) is 39.7 Å². The molecule has 0 unspecified atom stereocenters. The van der Waals surface area contributed by atoms with Gasteiger partial charge in [-0.2, -0.15) is 4.98 Å². The third kappa shape index (κ3) is 3.89. The van der Waals surface area contributed by atoms with E-state index in [1.165, 1.54) is 11.1 Å². The highest BCUT2D eigenvalue weighted by Gasteiger charge is 2.16. The number of nitrogens with two attached hydrogens (primary N) is 1. The van der Waals surface area contributed by atoms with Gasteiger partial charge in [0.2, 0.25) is 5.89 Å². The first kappa shape index (κ1) is 13.7. The molecular formula is C15H21N3O. The molecule has 2 aromatic rings. The van der Waals surface area contributed by atoms with Crippen LogP contribution in [0.25, 0.3) is 0 Å². The zero-order valence-electron chi connectivity index (χ0n) is 11.8. The van der Waals surface area contributed by atoms with Gasteiger partial charge in [-0.1, -0.05) is 48.8 Å². The Kier molecular flexibility index (Phi) is 4.32. The van der Waals surface area contributed by atoms with E-state index >= 15 is 0 Å². The third-order valence-electron chi connectivity index (χ3n) is 2.97. The second kappa shape index (κ2) is 5.97. The van der Waals surface area contributed by atoms with E-state index in [2.05, 4.69) is 49.1 Å². The van der Waals surface area contributed by atoms with E-state index in [4.69, 9.17) is 10.3 Å². The molecule has 1 atom stereocenters. The summed E-state index contributed by atoms with van der Waals surface area (Å²) in [6.45, 7) is 6.33. The first-order valence-electron chi connectivity index (χ1n) is 6.68. The fraction of sp³-hybridized carbons (Fsp3) is 0.467. The maximum Gasteiger partial charge on any atom is 0.243 e. The molecule has 0 saturated heterocycles. The van der Waals surface area contributed by atoms with Crippen molar-refractivity contribution in [3.05, 3.63) is 47.1 Å². The first-order chi connectivity index (χ1) is 9.04. The van der Waals surface area contributed by atoms with Crippen LogP contribution >= 0.6 is 0 Å². The largest absolute Gasteiger partial charge is 0.338 e. The Bertz CT molecular complexity index is 534. The van der Waals surface area contributed by atoms with E-state index in [9.17, 15) is 0 Å². The van der Waals surface area contributed by atoms with Gasteiger partial charge in [0.15, 0.2) is 5.82 Å². The lowest BCUT2D eigenvalue weighted by atomic mass is 10.0. The predicted molar refractivity (Wildman–Crippen MR) is 74.7 cm³/mol. The number of rotatable bonds is 5. The van der Waals surface area contributed by atoms with Crippen LogP contribution < -0.4 is 5.73 Å². The molecule has 1 aromatic heterocycles. The van der Waals surface area contributed by atoms with E-state index in [0.29, 0.717) is 24.1 Å². The lowest BCUT2D eigenvalue weighted by molar-refractivity contribution is 0.333. The predicted octanol–water partition coefficient (Wildman–Crippen LogP) is 3.01. The lowest BCUT2D eigenvalue weighted by Gasteiger charge is -2.08. The average Bonchev–Trinajstić information content (AvgIpc) is 2.76. The SMILES string of the molecule is Cc1cccc(Cc2noc([C@@H](N)CC(C)C)n2)c1. The Morgan fingerprint density at radius 1 is 1.32 bits per heavy atom. The summed E-state index contributed by atoms with van der Waals surface area (Å²) >= 11 is 0. The summed E-state index contributed by atoms with van der Waals surface area (Å²) in [7, 11) is 0. The van der Waals surface area contributed by atoms with Crippen molar-refractivity contribution in [2.24, 2.45) is 11.7 Å². The fourth-order valence-electron chi connectivity index (χ4n) is 2.10. The normalized spacial score (nSPS) is 12.9. The Hall–Kier alpha value is -1.68. The number of hydrogen-bond acceptors (Lipinski definition) is 4. The summed E-state index contributed by atoms with van der Waals surface area (Å²) in [5.41, 5.74) is 8.45. The van der Waals surface area contributed by atoms with Gasteiger partial charge in [-0.25, -0.2) is 0 Å². The summed E-state index contributed by atoms with van der Waals surface area (Å²) in [4.78, 5) is 4.39. The van der Waals surface area contributed by atoms with Gasteiger partial charge in [0.1, 0.15) is 0 Å². The van der Waals surface area contributed by atoms with Crippen LogP contribution in [0.3, 0.4) is 0 Å². The summed E-state index contributed by atoms with van der Waals surface area (Å²) in [6, 6.07) is 8.14. The molecule has 0 fully saturated rings. The van der Waals surface area contributed by atoms with Crippen LogP contribution in [0.2, 0.25) is 0 Å². The second-order valence-electron chi connectivity index (χ2n) is 5.45. The van der Waals surface area contributed by atoms with Crippen molar-refractivity contribution in [1.29, 1.82) is 0 Å². The van der Waals surface area contributed by atoms with E-state index in [-0.39, 0.29) is 6.04 Å². The maximum absolute atomic E-state index is 6.03. The molecule has 2 rings (SSSR count). The zero-order chi connectivity index (χ0) is 13.8. The van der Waals surface area contributed by atoms with Gasteiger partial charge in [0.05, 0.1) is 6.04 Å². The topological polar surface area (TPSA) is 64.9 Å². The lowest BCUT2D eigenvalue weighted by Crippen LogP contribution is -2.13. The van der Waals surface area contributed by atoms with Crippen LogP contribution in [0.5, 0.6) is 0 Å². The Balaban J connectivity index is 2.05. The van der Waals surface area contributed by atoms with Crippen molar-refractivity contribution in [3.63, 3.8) is 0 Å². The standard InChI is InChI=1S/C15H21N3O/c1-10(2)7-13(16)15-17-14(18-19-15)9-12-6-4-5-11(3)8-12/h4-6,8,10,13H,7,9,16H2,1-3H3/t13-/m0/s1. The Morgan fingerprint density at radius 2 is 2.11 bits per heavy atom. The molecule has 4 nitrogen and oxygen atoms in total. The van der Waals surface area contributed by atoms with Gasteiger partial charge in [0.25, 0.3) is 0 Å². The molecule has 0 aliphatic rings. The van der Waals surface area contributed by atoms with Crippen molar-refractivity contribution in [1.82, 2.24) is 10.1 Å². The molecule has 0 amide bonds. The molecular weight excluding hydrogens is 238 g/mol. The smallest absolute Gasteiger partial charge is 0.243 e. The maximum atomic E-state index is 6.03. The number of aromatic nitrogens is 2. The van der Waals surface area contributed by atoms with Crippen molar-refractivity contribution in [2.75, 3.05) is 0 Å². The van der Waals surface area contributed by atoms with Gasteiger partial charge in [0, 0.05) is 6.42 Å². The second-order valence-corrected chi connectivity index (χ2v) is 5.45. The average molecular weight is 259 g/mol. The van der Waals surface area contributed by atoms with Gasteiger partial charge in [-0.15, -0.1) is 0 Å². The number of nitrogens with zero attached hydrogens (tertiary/aromatic N) is 2. The molecule has 1 heterocycles. The molecule has 0 aliphatic heterocycles. The quantitative estimate of drug-likeness (QED) is 0.896. The van der Waals surface area contributed by atoms with Crippen molar-refractivity contribution >= 4 is 0 Å². The van der Waals surface area contributed by atoms with Crippen LogP contribution in [0, 0.1) is 12.8 Å². The molecule has 1 aromatic carbocycles. The molecule has 0 radical (unpaired) electrons.